The molecule has 84 valence electrons. The van der Waals surface area contributed by atoms with Crippen molar-refractivity contribution in [1.29, 1.82) is 0 Å². The number of nitrogens with two attached hydrogens (primary N) is 1. The zero-order chi connectivity index (χ0) is 11.4. The van der Waals surface area contributed by atoms with Crippen LogP contribution >= 0.6 is 0 Å². The normalized spacial score (nSPS) is 12.9. The topological polar surface area (TPSA) is 35.2 Å². The van der Waals surface area contributed by atoms with Crippen molar-refractivity contribution < 1.29 is 17.9 Å². The predicted molar refractivity (Wildman–Crippen MR) is 49.7 cm³/mol. The Morgan fingerprint density at radius 3 is 2.20 bits per heavy atom. The summed E-state index contributed by atoms with van der Waals surface area (Å²) in [6.07, 6.45) is -0.611. The molecule has 2 nitrogen and oxygen atoms in total. The lowest BCUT2D eigenvalue weighted by Gasteiger charge is -2.15. The van der Waals surface area contributed by atoms with Crippen LogP contribution in [0, 0.1) is 17.5 Å². The fourth-order valence-electron chi connectivity index (χ4n) is 1.26. The quantitative estimate of drug-likeness (QED) is 0.787. The standard InChI is InChI=1S/C10H12F3NO/c1-2-15-9(5-14)6-3-7(11)10(13)8(12)4-6/h3-4,9H,2,5,14H2,1H3. The second kappa shape index (κ2) is 5.14. The summed E-state index contributed by atoms with van der Waals surface area (Å²) in [5.74, 6) is -3.95. The van der Waals surface area contributed by atoms with Gasteiger partial charge in [-0.05, 0) is 24.6 Å². The van der Waals surface area contributed by atoms with Crippen LogP contribution in [0.15, 0.2) is 12.1 Å². The van der Waals surface area contributed by atoms with Gasteiger partial charge in [0.2, 0.25) is 0 Å². The Bertz CT molecular complexity index is 320. The molecule has 0 amide bonds. The van der Waals surface area contributed by atoms with Crippen LogP contribution in [0.3, 0.4) is 0 Å². The van der Waals surface area contributed by atoms with Gasteiger partial charge in [-0.15, -0.1) is 0 Å². The fraction of sp³-hybridized carbons (Fsp3) is 0.400. The molecule has 1 rings (SSSR count). The Morgan fingerprint density at radius 2 is 1.80 bits per heavy atom. The highest BCUT2D eigenvalue weighted by Gasteiger charge is 2.16. The van der Waals surface area contributed by atoms with Crippen LogP contribution in [0.25, 0.3) is 0 Å². The SMILES string of the molecule is CCOC(CN)c1cc(F)c(F)c(F)c1. The smallest absolute Gasteiger partial charge is 0.194 e. The van der Waals surface area contributed by atoms with Crippen molar-refractivity contribution in [2.45, 2.75) is 13.0 Å². The number of rotatable bonds is 4. The maximum atomic E-state index is 12.9. The Morgan fingerprint density at radius 1 is 1.27 bits per heavy atom. The first-order valence-electron chi connectivity index (χ1n) is 4.56. The molecule has 1 aromatic carbocycles. The van der Waals surface area contributed by atoms with E-state index in [0.29, 0.717) is 6.61 Å². The van der Waals surface area contributed by atoms with E-state index in [9.17, 15) is 13.2 Å². The van der Waals surface area contributed by atoms with Gasteiger partial charge in [-0.1, -0.05) is 0 Å². The molecular formula is C10H12F3NO. The van der Waals surface area contributed by atoms with Crippen LogP contribution in [-0.4, -0.2) is 13.2 Å². The summed E-state index contributed by atoms with van der Waals surface area (Å²) in [6, 6.07) is 1.79. The Hall–Kier alpha value is -1.07. The minimum atomic E-state index is -1.48. The van der Waals surface area contributed by atoms with E-state index in [1.807, 2.05) is 0 Å². The van der Waals surface area contributed by atoms with Crippen LogP contribution in [0.2, 0.25) is 0 Å². The lowest BCUT2D eigenvalue weighted by atomic mass is 10.1. The predicted octanol–water partition coefficient (Wildman–Crippen LogP) is 2.14. The van der Waals surface area contributed by atoms with Gasteiger partial charge in [0.1, 0.15) is 0 Å². The van der Waals surface area contributed by atoms with Crippen LogP contribution in [0.1, 0.15) is 18.6 Å². The summed E-state index contributed by atoms with van der Waals surface area (Å²) in [5, 5.41) is 0. The van der Waals surface area contributed by atoms with E-state index in [1.54, 1.807) is 6.92 Å². The molecule has 0 saturated carbocycles. The van der Waals surface area contributed by atoms with Crippen LogP contribution < -0.4 is 5.73 Å². The van der Waals surface area contributed by atoms with Crippen molar-refractivity contribution >= 4 is 0 Å². The van der Waals surface area contributed by atoms with E-state index in [0.717, 1.165) is 12.1 Å². The Balaban J connectivity index is 3.03. The van der Waals surface area contributed by atoms with Gasteiger partial charge in [-0.25, -0.2) is 13.2 Å². The molecule has 1 unspecified atom stereocenters. The van der Waals surface area contributed by atoms with Crippen molar-refractivity contribution in [2.75, 3.05) is 13.2 Å². The zero-order valence-corrected chi connectivity index (χ0v) is 8.27. The fourth-order valence-corrected chi connectivity index (χ4v) is 1.26. The molecule has 1 aromatic rings. The zero-order valence-electron chi connectivity index (χ0n) is 8.27. The molecule has 0 radical (unpaired) electrons. The minimum Gasteiger partial charge on any atom is -0.372 e. The lowest BCUT2D eigenvalue weighted by molar-refractivity contribution is 0.0682. The first-order chi connectivity index (χ1) is 7.10. The van der Waals surface area contributed by atoms with Crippen LogP contribution in [0.5, 0.6) is 0 Å². The van der Waals surface area contributed by atoms with E-state index < -0.39 is 23.6 Å². The van der Waals surface area contributed by atoms with Gasteiger partial charge < -0.3 is 10.5 Å². The highest BCUT2D eigenvalue weighted by Crippen LogP contribution is 2.21. The number of benzene rings is 1. The van der Waals surface area contributed by atoms with Gasteiger partial charge in [0.25, 0.3) is 0 Å². The van der Waals surface area contributed by atoms with Gasteiger partial charge >= 0.3 is 0 Å². The van der Waals surface area contributed by atoms with Crippen molar-refractivity contribution in [2.24, 2.45) is 5.73 Å². The summed E-state index contributed by atoms with van der Waals surface area (Å²) in [7, 11) is 0. The molecule has 2 N–H and O–H groups in total. The molecule has 15 heavy (non-hydrogen) atoms. The highest BCUT2D eigenvalue weighted by atomic mass is 19.2. The molecular weight excluding hydrogens is 207 g/mol. The van der Waals surface area contributed by atoms with Crippen LogP contribution in [-0.2, 0) is 4.74 Å². The molecule has 0 saturated heterocycles. The number of hydrogen-bond donors (Lipinski definition) is 1. The van der Waals surface area contributed by atoms with Gasteiger partial charge in [0.15, 0.2) is 17.5 Å². The number of hydrogen-bond acceptors (Lipinski definition) is 2. The molecule has 0 aliphatic rings. The van der Waals surface area contributed by atoms with Gasteiger partial charge in [0, 0.05) is 13.2 Å². The summed E-state index contributed by atoms with van der Waals surface area (Å²) >= 11 is 0. The third kappa shape index (κ3) is 2.70. The maximum Gasteiger partial charge on any atom is 0.194 e. The summed E-state index contributed by atoms with van der Waals surface area (Å²) in [4.78, 5) is 0. The minimum absolute atomic E-state index is 0.0817. The molecule has 1 atom stereocenters. The molecule has 5 heteroatoms. The summed E-state index contributed by atoms with van der Waals surface area (Å²) < 4.78 is 43.5. The Kier molecular flexibility index (Phi) is 4.11. The molecule has 0 fully saturated rings. The third-order valence-corrected chi connectivity index (χ3v) is 1.96. The van der Waals surface area contributed by atoms with E-state index in [1.165, 1.54) is 0 Å². The molecule has 0 bridgehead atoms. The van der Waals surface area contributed by atoms with E-state index in [-0.39, 0.29) is 12.1 Å². The first kappa shape index (κ1) is 12.0. The van der Waals surface area contributed by atoms with Crippen molar-refractivity contribution in [1.82, 2.24) is 0 Å². The molecule has 0 aliphatic heterocycles. The maximum absolute atomic E-state index is 12.9. The van der Waals surface area contributed by atoms with Gasteiger partial charge in [0.05, 0.1) is 6.10 Å². The first-order valence-corrected chi connectivity index (χ1v) is 4.56. The van der Waals surface area contributed by atoms with Crippen LogP contribution in [0.4, 0.5) is 13.2 Å². The highest BCUT2D eigenvalue weighted by molar-refractivity contribution is 5.22. The average Bonchev–Trinajstić information content (AvgIpc) is 2.22. The van der Waals surface area contributed by atoms with Crippen molar-refractivity contribution in [3.05, 3.63) is 35.1 Å². The van der Waals surface area contributed by atoms with Crippen molar-refractivity contribution in [3.63, 3.8) is 0 Å². The number of halogens is 3. The Labute approximate surface area is 85.8 Å². The average molecular weight is 219 g/mol. The second-order valence-electron chi connectivity index (χ2n) is 2.98. The molecule has 0 heterocycles. The summed E-state index contributed by atoms with van der Waals surface area (Å²) in [5.41, 5.74) is 5.57. The second-order valence-corrected chi connectivity index (χ2v) is 2.98. The largest absolute Gasteiger partial charge is 0.372 e. The van der Waals surface area contributed by atoms with Crippen molar-refractivity contribution in [3.8, 4) is 0 Å². The van der Waals surface area contributed by atoms with E-state index in [2.05, 4.69) is 0 Å². The third-order valence-electron chi connectivity index (χ3n) is 1.96. The van der Waals surface area contributed by atoms with E-state index in [4.69, 9.17) is 10.5 Å². The van der Waals surface area contributed by atoms with Gasteiger partial charge in [-0.2, -0.15) is 0 Å². The number of ether oxygens (including phenoxy) is 1. The molecule has 0 aliphatic carbocycles. The lowest BCUT2D eigenvalue weighted by Crippen LogP contribution is -2.16. The molecule has 0 aromatic heterocycles. The molecule has 0 spiro atoms. The monoisotopic (exact) mass is 219 g/mol. The van der Waals surface area contributed by atoms with E-state index >= 15 is 0 Å². The van der Waals surface area contributed by atoms with Gasteiger partial charge in [-0.3, -0.25) is 0 Å². The summed E-state index contributed by atoms with van der Waals surface area (Å²) in [6.45, 7) is 2.18.